The molecule has 3 amide bonds. The lowest BCUT2D eigenvalue weighted by Gasteiger charge is -2.26. The molecule has 9 heteroatoms. The standard InChI is InChI=1S/C19H25N5O4/c1-3-20-19(26)23(2)9-8-16-21-17(28-22-16)14-4-6-15(7-5-14)18(25)24-10-12-27-13-11-24/h4-7H,3,8-13H2,1-2H3,(H,20,26). The average molecular weight is 387 g/mol. The summed E-state index contributed by atoms with van der Waals surface area (Å²) in [5.74, 6) is 0.912. The smallest absolute Gasteiger partial charge is 0.317 e. The first-order valence-corrected chi connectivity index (χ1v) is 9.37. The minimum absolute atomic E-state index is 0.00513. The number of likely N-dealkylation sites (N-methyl/N-ethyl adjacent to an activating group) is 1. The van der Waals surface area contributed by atoms with Crippen molar-refractivity contribution in [3.63, 3.8) is 0 Å². The van der Waals surface area contributed by atoms with Crippen LogP contribution in [0, 0.1) is 0 Å². The van der Waals surface area contributed by atoms with Crippen LogP contribution in [0.1, 0.15) is 23.1 Å². The maximum absolute atomic E-state index is 12.5. The fourth-order valence-corrected chi connectivity index (χ4v) is 2.83. The van der Waals surface area contributed by atoms with Crippen LogP contribution >= 0.6 is 0 Å². The maximum atomic E-state index is 12.5. The third kappa shape index (κ3) is 4.86. The Bertz CT molecular complexity index is 799. The van der Waals surface area contributed by atoms with Crippen molar-refractivity contribution in [2.45, 2.75) is 13.3 Å². The van der Waals surface area contributed by atoms with Crippen LogP contribution in [-0.2, 0) is 11.2 Å². The van der Waals surface area contributed by atoms with Gasteiger partial charge >= 0.3 is 6.03 Å². The second-order valence-corrected chi connectivity index (χ2v) is 6.50. The summed E-state index contributed by atoms with van der Waals surface area (Å²) in [5.41, 5.74) is 1.36. The quantitative estimate of drug-likeness (QED) is 0.804. The van der Waals surface area contributed by atoms with Crippen molar-refractivity contribution in [2.24, 2.45) is 0 Å². The van der Waals surface area contributed by atoms with Crippen molar-refractivity contribution in [1.29, 1.82) is 0 Å². The van der Waals surface area contributed by atoms with E-state index >= 15 is 0 Å². The van der Waals surface area contributed by atoms with E-state index in [1.807, 2.05) is 6.92 Å². The molecular formula is C19H25N5O4. The van der Waals surface area contributed by atoms with Crippen LogP contribution < -0.4 is 5.32 Å². The molecule has 0 saturated carbocycles. The number of urea groups is 1. The van der Waals surface area contributed by atoms with E-state index in [0.29, 0.717) is 63.1 Å². The molecule has 0 unspecified atom stereocenters. The minimum atomic E-state index is -0.133. The van der Waals surface area contributed by atoms with Gasteiger partial charge in [0.1, 0.15) is 0 Å². The van der Waals surface area contributed by atoms with Crippen LogP contribution in [0.3, 0.4) is 0 Å². The Morgan fingerprint density at radius 3 is 2.61 bits per heavy atom. The summed E-state index contributed by atoms with van der Waals surface area (Å²) in [6.45, 7) is 5.30. The number of nitrogens with one attached hydrogen (secondary N) is 1. The summed E-state index contributed by atoms with van der Waals surface area (Å²) < 4.78 is 10.6. The van der Waals surface area contributed by atoms with E-state index < -0.39 is 0 Å². The number of nitrogens with zero attached hydrogens (tertiary/aromatic N) is 4. The molecule has 0 bridgehead atoms. The highest BCUT2D eigenvalue weighted by Crippen LogP contribution is 2.19. The van der Waals surface area contributed by atoms with Gasteiger partial charge in [-0.1, -0.05) is 5.16 Å². The van der Waals surface area contributed by atoms with Crippen LogP contribution in [0.25, 0.3) is 11.5 Å². The number of aromatic nitrogens is 2. The summed E-state index contributed by atoms with van der Waals surface area (Å²) in [4.78, 5) is 31.9. The molecular weight excluding hydrogens is 362 g/mol. The van der Waals surface area contributed by atoms with Gasteiger partial charge in [-0.2, -0.15) is 4.98 Å². The normalized spacial score (nSPS) is 14.0. The summed E-state index contributed by atoms with van der Waals surface area (Å²) in [6.07, 6.45) is 0.491. The van der Waals surface area contributed by atoms with Crippen LogP contribution in [0.15, 0.2) is 28.8 Å². The van der Waals surface area contributed by atoms with Gasteiger partial charge < -0.3 is 24.4 Å². The molecule has 1 aromatic heterocycles. The molecule has 2 heterocycles. The zero-order chi connectivity index (χ0) is 19.9. The fraction of sp³-hybridized carbons (Fsp3) is 0.474. The van der Waals surface area contributed by atoms with E-state index in [1.165, 1.54) is 0 Å². The number of benzene rings is 1. The highest BCUT2D eigenvalue weighted by Gasteiger charge is 2.19. The van der Waals surface area contributed by atoms with Crippen molar-refractivity contribution in [3.05, 3.63) is 35.7 Å². The van der Waals surface area contributed by atoms with E-state index in [4.69, 9.17) is 9.26 Å². The molecule has 0 spiro atoms. The number of amides is 3. The first kappa shape index (κ1) is 19.8. The third-order valence-corrected chi connectivity index (χ3v) is 4.49. The minimum Gasteiger partial charge on any atom is -0.378 e. The van der Waals surface area contributed by atoms with Gasteiger partial charge in [-0.15, -0.1) is 0 Å². The van der Waals surface area contributed by atoms with Crippen LogP contribution in [0.5, 0.6) is 0 Å². The molecule has 3 rings (SSSR count). The van der Waals surface area contributed by atoms with Crippen molar-refractivity contribution < 1.29 is 18.8 Å². The summed E-state index contributed by atoms with van der Waals surface area (Å²) in [5, 5.41) is 6.70. The molecule has 1 N–H and O–H groups in total. The van der Waals surface area contributed by atoms with Gasteiger partial charge in [0.2, 0.25) is 0 Å². The lowest BCUT2D eigenvalue weighted by molar-refractivity contribution is 0.0303. The third-order valence-electron chi connectivity index (χ3n) is 4.49. The Kier molecular flexibility index (Phi) is 6.59. The molecule has 9 nitrogen and oxygen atoms in total. The number of carbonyl (C=O) groups is 2. The zero-order valence-corrected chi connectivity index (χ0v) is 16.2. The summed E-state index contributed by atoms with van der Waals surface area (Å²) >= 11 is 0. The number of morpholine rings is 1. The lowest BCUT2D eigenvalue weighted by Crippen LogP contribution is -2.40. The molecule has 0 atom stereocenters. The molecule has 1 aliphatic heterocycles. The summed E-state index contributed by atoms with van der Waals surface area (Å²) in [7, 11) is 1.72. The van der Waals surface area contributed by atoms with Gasteiger partial charge in [-0.3, -0.25) is 4.79 Å². The van der Waals surface area contributed by atoms with Gasteiger partial charge in [0.25, 0.3) is 11.8 Å². The number of ether oxygens (including phenoxy) is 1. The van der Waals surface area contributed by atoms with Crippen LogP contribution in [0.2, 0.25) is 0 Å². The molecule has 1 aliphatic rings. The van der Waals surface area contributed by atoms with Crippen LogP contribution in [0.4, 0.5) is 4.79 Å². The first-order valence-electron chi connectivity index (χ1n) is 9.37. The van der Waals surface area contributed by atoms with Crippen LogP contribution in [-0.4, -0.2) is 78.3 Å². The van der Waals surface area contributed by atoms with E-state index in [1.54, 1.807) is 41.1 Å². The Hall–Kier alpha value is -2.94. The molecule has 28 heavy (non-hydrogen) atoms. The number of rotatable bonds is 6. The van der Waals surface area contributed by atoms with Crippen molar-refractivity contribution >= 4 is 11.9 Å². The lowest BCUT2D eigenvalue weighted by atomic mass is 10.1. The van der Waals surface area contributed by atoms with E-state index in [-0.39, 0.29) is 11.9 Å². The fourth-order valence-electron chi connectivity index (χ4n) is 2.83. The predicted octanol–water partition coefficient (Wildman–Crippen LogP) is 1.41. The summed E-state index contributed by atoms with van der Waals surface area (Å²) in [6, 6.07) is 6.99. The van der Waals surface area contributed by atoms with E-state index in [2.05, 4.69) is 15.5 Å². The molecule has 1 fully saturated rings. The van der Waals surface area contributed by atoms with E-state index in [0.717, 1.165) is 5.56 Å². The van der Waals surface area contributed by atoms with E-state index in [9.17, 15) is 9.59 Å². The monoisotopic (exact) mass is 387 g/mol. The number of hydrogen-bond donors (Lipinski definition) is 1. The Morgan fingerprint density at radius 1 is 1.21 bits per heavy atom. The van der Waals surface area contributed by atoms with Gasteiger partial charge in [-0.05, 0) is 31.2 Å². The van der Waals surface area contributed by atoms with Crippen molar-refractivity contribution in [2.75, 3.05) is 46.4 Å². The predicted molar refractivity (Wildman–Crippen MR) is 102 cm³/mol. The molecule has 150 valence electrons. The zero-order valence-electron chi connectivity index (χ0n) is 16.2. The maximum Gasteiger partial charge on any atom is 0.317 e. The number of carbonyl (C=O) groups excluding carboxylic acids is 2. The topological polar surface area (TPSA) is 101 Å². The van der Waals surface area contributed by atoms with Gasteiger partial charge in [0, 0.05) is 50.8 Å². The highest BCUT2D eigenvalue weighted by atomic mass is 16.5. The Morgan fingerprint density at radius 2 is 1.93 bits per heavy atom. The molecule has 0 radical (unpaired) electrons. The number of hydrogen-bond acceptors (Lipinski definition) is 6. The van der Waals surface area contributed by atoms with Crippen molar-refractivity contribution in [1.82, 2.24) is 25.3 Å². The second-order valence-electron chi connectivity index (χ2n) is 6.50. The van der Waals surface area contributed by atoms with Gasteiger partial charge in [0.05, 0.1) is 13.2 Å². The molecule has 2 aromatic rings. The highest BCUT2D eigenvalue weighted by molar-refractivity contribution is 5.94. The second kappa shape index (κ2) is 9.32. The first-order chi connectivity index (χ1) is 13.6. The SMILES string of the molecule is CCNC(=O)N(C)CCc1noc(-c2ccc(C(=O)N3CCOCC3)cc2)n1. The Balaban J connectivity index is 1.58. The van der Waals surface area contributed by atoms with Gasteiger partial charge in [0.15, 0.2) is 5.82 Å². The molecule has 0 aliphatic carbocycles. The average Bonchev–Trinajstić information content (AvgIpc) is 3.21. The largest absolute Gasteiger partial charge is 0.378 e. The van der Waals surface area contributed by atoms with Gasteiger partial charge in [-0.25, -0.2) is 4.79 Å². The molecule has 1 aromatic carbocycles. The van der Waals surface area contributed by atoms with Crippen molar-refractivity contribution in [3.8, 4) is 11.5 Å². The molecule has 1 saturated heterocycles. The Labute approximate surface area is 163 Å².